The fourth-order valence-corrected chi connectivity index (χ4v) is 5.81. The SMILES string of the molecule is CC(C)(C)C(NC(=O)OCC1c2ccccc2-c2ccccc21)C(=O)N1CC2CC1C2C(=O)O. The summed E-state index contributed by atoms with van der Waals surface area (Å²) in [6, 6.07) is 15.1. The molecule has 0 spiro atoms. The van der Waals surface area contributed by atoms with Crippen molar-refractivity contribution < 1.29 is 24.2 Å². The van der Waals surface area contributed by atoms with Crippen molar-refractivity contribution in [2.75, 3.05) is 13.2 Å². The molecule has 7 heteroatoms. The predicted octanol–water partition coefficient (Wildman–Crippen LogP) is 3.87. The lowest BCUT2D eigenvalue weighted by atomic mass is 9.74. The molecule has 4 aliphatic rings. The van der Waals surface area contributed by atoms with Gasteiger partial charge >= 0.3 is 12.1 Å². The van der Waals surface area contributed by atoms with E-state index in [9.17, 15) is 19.5 Å². The maximum atomic E-state index is 13.4. The van der Waals surface area contributed by atoms with Crippen molar-refractivity contribution in [2.45, 2.75) is 45.2 Å². The summed E-state index contributed by atoms with van der Waals surface area (Å²) in [7, 11) is 0. The van der Waals surface area contributed by atoms with Crippen molar-refractivity contribution in [3.8, 4) is 11.1 Å². The molecular weight excluding hydrogens is 432 g/mol. The van der Waals surface area contributed by atoms with Gasteiger partial charge < -0.3 is 20.1 Å². The molecule has 2 bridgehead atoms. The van der Waals surface area contributed by atoms with Crippen molar-refractivity contribution in [3.05, 3.63) is 59.7 Å². The topological polar surface area (TPSA) is 95.9 Å². The van der Waals surface area contributed by atoms with Crippen LogP contribution < -0.4 is 5.32 Å². The first-order valence-electron chi connectivity index (χ1n) is 11.8. The van der Waals surface area contributed by atoms with Gasteiger partial charge in [-0.15, -0.1) is 0 Å². The zero-order valence-electron chi connectivity index (χ0n) is 19.7. The molecule has 2 saturated heterocycles. The van der Waals surface area contributed by atoms with Crippen LogP contribution in [0.15, 0.2) is 48.5 Å². The van der Waals surface area contributed by atoms with E-state index < -0.39 is 29.4 Å². The first kappa shape index (κ1) is 22.4. The van der Waals surface area contributed by atoms with Crippen molar-refractivity contribution in [1.82, 2.24) is 10.2 Å². The Morgan fingerprint density at radius 3 is 2.18 bits per heavy atom. The van der Waals surface area contributed by atoms with Crippen LogP contribution >= 0.6 is 0 Å². The molecular formula is C27H30N2O5. The number of aliphatic carboxylic acids is 1. The first-order chi connectivity index (χ1) is 16.2. The van der Waals surface area contributed by atoms with Crippen molar-refractivity contribution >= 4 is 18.0 Å². The number of carboxylic acid groups (broad SMARTS) is 1. The number of carbonyl (C=O) groups excluding carboxylic acids is 2. The molecule has 7 nitrogen and oxygen atoms in total. The molecule has 2 aliphatic carbocycles. The molecule has 178 valence electrons. The van der Waals surface area contributed by atoms with Gasteiger partial charge in [0.2, 0.25) is 5.91 Å². The Kier molecular flexibility index (Phi) is 5.38. The molecule has 1 saturated carbocycles. The van der Waals surface area contributed by atoms with Gasteiger partial charge in [0.15, 0.2) is 0 Å². The number of benzene rings is 2. The smallest absolute Gasteiger partial charge is 0.407 e. The number of ether oxygens (including phenoxy) is 1. The van der Waals surface area contributed by atoms with E-state index in [-0.39, 0.29) is 30.4 Å². The highest BCUT2D eigenvalue weighted by molar-refractivity contribution is 5.88. The van der Waals surface area contributed by atoms with Crippen LogP contribution in [-0.4, -0.2) is 53.2 Å². The number of amides is 2. The largest absolute Gasteiger partial charge is 0.481 e. The lowest BCUT2D eigenvalue weighted by Gasteiger charge is -2.37. The van der Waals surface area contributed by atoms with E-state index in [0.717, 1.165) is 22.3 Å². The number of fused-ring (bicyclic) bond motifs is 4. The summed E-state index contributed by atoms with van der Waals surface area (Å²) in [5.41, 5.74) is 3.98. The van der Waals surface area contributed by atoms with Crippen LogP contribution in [0.1, 0.15) is 44.2 Å². The van der Waals surface area contributed by atoms with Crippen LogP contribution in [0.4, 0.5) is 4.79 Å². The quantitative estimate of drug-likeness (QED) is 0.703. The number of nitrogens with one attached hydrogen (secondary N) is 1. The maximum Gasteiger partial charge on any atom is 0.407 e. The average molecular weight is 463 g/mol. The van der Waals surface area contributed by atoms with E-state index in [4.69, 9.17) is 4.74 Å². The zero-order valence-corrected chi connectivity index (χ0v) is 19.7. The van der Waals surface area contributed by atoms with E-state index in [0.29, 0.717) is 13.0 Å². The molecule has 2 aromatic carbocycles. The second-order valence-corrected chi connectivity index (χ2v) is 10.7. The van der Waals surface area contributed by atoms with Gasteiger partial charge in [-0.25, -0.2) is 4.79 Å². The lowest BCUT2D eigenvalue weighted by molar-refractivity contribution is -0.149. The molecule has 0 aromatic heterocycles. The van der Waals surface area contributed by atoms with Crippen LogP contribution in [0.25, 0.3) is 11.1 Å². The first-order valence-corrected chi connectivity index (χ1v) is 11.8. The number of nitrogens with zero attached hydrogens (tertiary/aromatic N) is 1. The standard InChI is InChI=1S/C27H30N2O5/c1-27(2,3)23(24(30)29-13-15-12-21(29)22(15)25(31)32)28-26(33)34-14-20-18-10-6-4-8-16(18)17-9-5-7-11-19(17)20/h4-11,15,20-23H,12-14H2,1-3H3,(H,28,33)(H,31,32). The average Bonchev–Trinajstić information content (AvgIpc) is 3.45. The van der Waals surface area contributed by atoms with Gasteiger partial charge in [0.1, 0.15) is 12.6 Å². The number of rotatable bonds is 5. The van der Waals surface area contributed by atoms with Crippen molar-refractivity contribution in [3.63, 3.8) is 0 Å². The number of carbonyl (C=O) groups is 3. The highest BCUT2D eigenvalue weighted by atomic mass is 16.5. The third-order valence-corrected chi connectivity index (χ3v) is 7.59. The van der Waals surface area contributed by atoms with E-state index in [1.165, 1.54) is 0 Å². The van der Waals surface area contributed by atoms with Gasteiger partial charge in [0.25, 0.3) is 0 Å². The summed E-state index contributed by atoms with van der Waals surface area (Å²) in [5.74, 6) is -1.66. The second kappa shape index (κ2) is 8.15. The fraction of sp³-hybridized carbons (Fsp3) is 0.444. The Labute approximate surface area is 199 Å². The Hall–Kier alpha value is -3.35. The van der Waals surface area contributed by atoms with Gasteiger partial charge in [-0.05, 0) is 40.0 Å². The Morgan fingerprint density at radius 2 is 1.65 bits per heavy atom. The highest BCUT2D eigenvalue weighted by Crippen LogP contribution is 2.47. The highest BCUT2D eigenvalue weighted by Gasteiger charge is 2.58. The molecule has 4 atom stereocenters. The summed E-state index contributed by atoms with van der Waals surface area (Å²) >= 11 is 0. The summed E-state index contributed by atoms with van der Waals surface area (Å²) in [6.45, 7) is 6.25. The fourth-order valence-electron chi connectivity index (χ4n) is 5.81. The third kappa shape index (κ3) is 3.63. The zero-order chi connectivity index (χ0) is 24.2. The van der Waals surface area contributed by atoms with E-state index >= 15 is 0 Å². The van der Waals surface area contributed by atoms with Crippen molar-refractivity contribution in [1.29, 1.82) is 0 Å². The monoisotopic (exact) mass is 462 g/mol. The van der Waals surface area contributed by atoms with E-state index in [1.54, 1.807) is 4.90 Å². The van der Waals surface area contributed by atoms with Gasteiger partial charge in [-0.1, -0.05) is 69.3 Å². The number of hydrogen-bond donors (Lipinski definition) is 2. The minimum atomic E-state index is -0.853. The van der Waals surface area contributed by atoms with Crippen LogP contribution in [0.5, 0.6) is 0 Å². The number of carboxylic acids is 1. The summed E-state index contributed by atoms with van der Waals surface area (Å²) in [5, 5.41) is 12.2. The van der Waals surface area contributed by atoms with Gasteiger partial charge in [0.05, 0.1) is 5.92 Å². The Bertz CT molecular complexity index is 1110. The Balaban J connectivity index is 1.28. The van der Waals surface area contributed by atoms with Gasteiger partial charge in [0, 0.05) is 18.5 Å². The molecule has 2 amide bonds. The minimum absolute atomic E-state index is 0.00141. The summed E-state index contributed by atoms with van der Waals surface area (Å²) in [6.07, 6.45) is 0.0707. The molecule has 4 unspecified atom stereocenters. The minimum Gasteiger partial charge on any atom is -0.481 e. The summed E-state index contributed by atoms with van der Waals surface area (Å²) in [4.78, 5) is 39.4. The van der Waals surface area contributed by atoms with Crippen LogP contribution in [0, 0.1) is 17.3 Å². The normalized spacial score (nSPS) is 23.5. The predicted molar refractivity (Wildman–Crippen MR) is 126 cm³/mol. The third-order valence-electron chi connectivity index (χ3n) is 7.59. The van der Waals surface area contributed by atoms with Crippen LogP contribution in [0.3, 0.4) is 0 Å². The van der Waals surface area contributed by atoms with Crippen LogP contribution in [-0.2, 0) is 14.3 Å². The van der Waals surface area contributed by atoms with Gasteiger partial charge in [-0.2, -0.15) is 0 Å². The molecule has 2 aliphatic heterocycles. The molecule has 2 aromatic rings. The molecule has 2 heterocycles. The molecule has 2 N–H and O–H groups in total. The van der Waals surface area contributed by atoms with Crippen molar-refractivity contribution in [2.24, 2.45) is 17.3 Å². The lowest BCUT2D eigenvalue weighted by Crippen LogP contribution is -2.56. The van der Waals surface area contributed by atoms with E-state index in [2.05, 4.69) is 29.6 Å². The number of alkyl carbamates (subject to hydrolysis) is 1. The number of hydrogen-bond acceptors (Lipinski definition) is 4. The molecule has 6 rings (SSSR count). The second-order valence-electron chi connectivity index (χ2n) is 10.7. The van der Waals surface area contributed by atoms with Crippen LogP contribution in [0.2, 0.25) is 0 Å². The molecule has 34 heavy (non-hydrogen) atoms. The van der Waals surface area contributed by atoms with E-state index in [1.807, 2.05) is 45.0 Å². The maximum absolute atomic E-state index is 13.4. The molecule has 3 fully saturated rings. The summed E-state index contributed by atoms with van der Waals surface area (Å²) < 4.78 is 5.66. The molecule has 0 radical (unpaired) electrons. The van der Waals surface area contributed by atoms with Gasteiger partial charge in [-0.3, -0.25) is 9.59 Å². The Morgan fingerprint density at radius 1 is 1.06 bits per heavy atom.